The van der Waals surface area contributed by atoms with Crippen molar-refractivity contribution < 1.29 is 0 Å². The summed E-state index contributed by atoms with van der Waals surface area (Å²) in [5.41, 5.74) is 1.11. The van der Waals surface area contributed by atoms with Crippen LogP contribution in [0.1, 0.15) is 29.6 Å². The van der Waals surface area contributed by atoms with Crippen molar-refractivity contribution in [3.8, 4) is 0 Å². The molecule has 2 aromatic heterocycles. The lowest BCUT2D eigenvalue weighted by atomic mass is 10.0. The highest BCUT2D eigenvalue weighted by Crippen LogP contribution is 2.25. The molecule has 1 aliphatic rings. The number of hydrogen-bond acceptors (Lipinski definition) is 5. The van der Waals surface area contributed by atoms with Gasteiger partial charge in [0.2, 0.25) is 0 Å². The third-order valence-corrected chi connectivity index (χ3v) is 5.24. The number of rotatable bonds is 3. The first kappa shape index (κ1) is 13.7. The molecule has 3 N–H and O–H groups in total. The zero-order chi connectivity index (χ0) is 14.3. The van der Waals surface area contributed by atoms with Crippen LogP contribution >= 0.6 is 11.3 Å². The van der Waals surface area contributed by atoms with Crippen molar-refractivity contribution in [3.05, 3.63) is 26.6 Å². The average Bonchev–Trinajstić information content (AvgIpc) is 2.94. The maximum Gasteiger partial charge on any atom is 0.259 e. The predicted molar refractivity (Wildman–Crippen MR) is 82.4 cm³/mol. The number of aromatic amines is 1. The molecule has 1 unspecified atom stereocenters. The number of aromatic nitrogens is 2. The Kier molecular flexibility index (Phi) is 3.40. The summed E-state index contributed by atoms with van der Waals surface area (Å²) in [4.78, 5) is 21.7. The van der Waals surface area contributed by atoms with E-state index in [0.717, 1.165) is 46.0 Å². The van der Waals surface area contributed by atoms with E-state index in [-0.39, 0.29) is 11.1 Å². The van der Waals surface area contributed by atoms with Crippen molar-refractivity contribution in [3.63, 3.8) is 0 Å². The fourth-order valence-electron chi connectivity index (χ4n) is 2.65. The zero-order valence-corrected chi connectivity index (χ0v) is 12.9. The molecule has 3 heterocycles. The van der Waals surface area contributed by atoms with Gasteiger partial charge in [-0.2, -0.15) is 0 Å². The monoisotopic (exact) mass is 292 g/mol. The Labute approximate surface area is 121 Å². The number of hydrogen-bond donors (Lipinski definition) is 3. The molecule has 1 saturated heterocycles. The van der Waals surface area contributed by atoms with Gasteiger partial charge in [0.25, 0.3) is 5.56 Å². The van der Waals surface area contributed by atoms with Crippen LogP contribution in [0.3, 0.4) is 0 Å². The van der Waals surface area contributed by atoms with Gasteiger partial charge >= 0.3 is 0 Å². The SMILES string of the molecule is Cc1sc2nc(CNC3(C)CCNC3)[nH]c(=O)c2c1C. The van der Waals surface area contributed by atoms with Crippen LogP contribution in [0.5, 0.6) is 0 Å². The topological polar surface area (TPSA) is 69.8 Å². The second kappa shape index (κ2) is 4.95. The second-order valence-corrected chi connectivity index (χ2v) is 7.02. The van der Waals surface area contributed by atoms with E-state index in [1.54, 1.807) is 11.3 Å². The van der Waals surface area contributed by atoms with Gasteiger partial charge < -0.3 is 15.6 Å². The normalized spacial score (nSPS) is 22.8. The molecule has 1 atom stereocenters. The molecule has 5 nitrogen and oxygen atoms in total. The summed E-state index contributed by atoms with van der Waals surface area (Å²) in [5.74, 6) is 0.719. The molecule has 2 aromatic rings. The molecular weight excluding hydrogens is 272 g/mol. The summed E-state index contributed by atoms with van der Waals surface area (Å²) < 4.78 is 0. The van der Waals surface area contributed by atoms with Gasteiger partial charge in [0.1, 0.15) is 10.7 Å². The molecule has 1 fully saturated rings. The first-order chi connectivity index (χ1) is 9.48. The van der Waals surface area contributed by atoms with Crippen LogP contribution < -0.4 is 16.2 Å². The first-order valence-electron chi connectivity index (χ1n) is 6.93. The van der Waals surface area contributed by atoms with Crippen molar-refractivity contribution in [1.29, 1.82) is 0 Å². The van der Waals surface area contributed by atoms with Crippen molar-refractivity contribution in [2.45, 2.75) is 39.3 Å². The molecule has 0 bridgehead atoms. The van der Waals surface area contributed by atoms with Gasteiger partial charge in [-0.15, -0.1) is 11.3 Å². The molecule has 0 radical (unpaired) electrons. The van der Waals surface area contributed by atoms with Crippen LogP contribution in [0.2, 0.25) is 0 Å². The van der Waals surface area contributed by atoms with Crippen molar-refractivity contribution in [2.75, 3.05) is 13.1 Å². The Morgan fingerprint density at radius 2 is 2.25 bits per heavy atom. The van der Waals surface area contributed by atoms with E-state index in [9.17, 15) is 4.79 Å². The fourth-order valence-corrected chi connectivity index (χ4v) is 3.70. The molecule has 0 amide bonds. The predicted octanol–water partition coefficient (Wildman–Crippen LogP) is 1.44. The molecule has 20 heavy (non-hydrogen) atoms. The quantitative estimate of drug-likeness (QED) is 0.801. The van der Waals surface area contributed by atoms with E-state index in [1.807, 2.05) is 13.8 Å². The van der Waals surface area contributed by atoms with Crippen LogP contribution in [0.15, 0.2) is 4.79 Å². The maximum absolute atomic E-state index is 12.2. The fraction of sp³-hybridized carbons (Fsp3) is 0.571. The highest BCUT2D eigenvalue weighted by Gasteiger charge is 2.27. The minimum atomic E-state index is -0.0247. The van der Waals surface area contributed by atoms with Crippen molar-refractivity contribution >= 4 is 21.6 Å². The molecular formula is C14H20N4OS. The molecule has 6 heteroatoms. The third-order valence-electron chi connectivity index (χ3n) is 4.14. The van der Waals surface area contributed by atoms with Gasteiger partial charge in [-0.3, -0.25) is 4.79 Å². The molecule has 108 valence electrons. The van der Waals surface area contributed by atoms with E-state index in [2.05, 4.69) is 27.5 Å². The van der Waals surface area contributed by atoms with Gasteiger partial charge in [0.15, 0.2) is 0 Å². The average molecular weight is 292 g/mol. The van der Waals surface area contributed by atoms with Crippen LogP contribution in [-0.4, -0.2) is 28.6 Å². The Balaban J connectivity index is 1.87. The second-order valence-electron chi connectivity index (χ2n) is 5.82. The van der Waals surface area contributed by atoms with E-state index in [1.165, 1.54) is 0 Å². The third kappa shape index (κ3) is 2.39. The van der Waals surface area contributed by atoms with E-state index >= 15 is 0 Å². The van der Waals surface area contributed by atoms with Crippen LogP contribution in [0.25, 0.3) is 10.2 Å². The van der Waals surface area contributed by atoms with E-state index in [0.29, 0.717) is 6.54 Å². The van der Waals surface area contributed by atoms with Crippen LogP contribution in [-0.2, 0) is 6.54 Å². The summed E-state index contributed by atoms with van der Waals surface area (Å²) in [6.45, 7) is 8.80. The highest BCUT2D eigenvalue weighted by molar-refractivity contribution is 7.18. The molecule has 0 aliphatic carbocycles. The lowest BCUT2D eigenvalue weighted by molar-refractivity contribution is 0.380. The molecule has 0 spiro atoms. The summed E-state index contributed by atoms with van der Waals surface area (Å²) in [7, 11) is 0. The standard InChI is InChI=1S/C14H20N4OS/c1-8-9(2)20-13-11(8)12(19)17-10(18-13)6-16-14(3)4-5-15-7-14/h15-16H,4-7H2,1-3H3,(H,17,18,19). The minimum Gasteiger partial charge on any atom is -0.315 e. The Morgan fingerprint density at radius 1 is 1.45 bits per heavy atom. The number of fused-ring (bicyclic) bond motifs is 1. The molecule has 1 aliphatic heterocycles. The van der Waals surface area contributed by atoms with Gasteiger partial charge in [0, 0.05) is 17.0 Å². The molecule has 3 rings (SSSR count). The van der Waals surface area contributed by atoms with Gasteiger partial charge in [-0.1, -0.05) is 0 Å². The van der Waals surface area contributed by atoms with Crippen LogP contribution in [0.4, 0.5) is 0 Å². The summed E-state index contributed by atoms with van der Waals surface area (Å²) in [6, 6.07) is 0. The largest absolute Gasteiger partial charge is 0.315 e. The Bertz CT molecular complexity index is 697. The number of nitrogens with one attached hydrogen (secondary N) is 3. The Hall–Kier alpha value is -1.24. The maximum atomic E-state index is 12.2. The summed E-state index contributed by atoms with van der Waals surface area (Å²) in [6.07, 6.45) is 1.09. The molecule has 0 aromatic carbocycles. The van der Waals surface area contributed by atoms with E-state index in [4.69, 9.17) is 0 Å². The van der Waals surface area contributed by atoms with Gasteiger partial charge in [-0.25, -0.2) is 4.98 Å². The molecule has 0 saturated carbocycles. The summed E-state index contributed by atoms with van der Waals surface area (Å²) >= 11 is 1.59. The van der Waals surface area contributed by atoms with Crippen LogP contribution in [0, 0.1) is 13.8 Å². The number of nitrogens with zero attached hydrogens (tertiary/aromatic N) is 1. The lowest BCUT2D eigenvalue weighted by Crippen LogP contribution is -2.44. The van der Waals surface area contributed by atoms with E-state index < -0.39 is 0 Å². The minimum absolute atomic E-state index is 0.0247. The number of aryl methyl sites for hydroxylation is 2. The first-order valence-corrected chi connectivity index (χ1v) is 7.75. The zero-order valence-electron chi connectivity index (χ0n) is 12.1. The van der Waals surface area contributed by atoms with Gasteiger partial charge in [-0.05, 0) is 39.3 Å². The van der Waals surface area contributed by atoms with Gasteiger partial charge in [0.05, 0.1) is 11.9 Å². The van der Waals surface area contributed by atoms with Crippen molar-refractivity contribution in [2.24, 2.45) is 0 Å². The lowest BCUT2D eigenvalue weighted by Gasteiger charge is -2.24. The smallest absolute Gasteiger partial charge is 0.259 e. The summed E-state index contributed by atoms with van der Waals surface area (Å²) in [5, 5.41) is 7.59. The van der Waals surface area contributed by atoms with Crippen molar-refractivity contribution in [1.82, 2.24) is 20.6 Å². The number of thiophene rings is 1. The number of H-pyrrole nitrogens is 1. The Morgan fingerprint density at radius 3 is 2.95 bits per heavy atom. The highest BCUT2D eigenvalue weighted by atomic mass is 32.1.